The van der Waals surface area contributed by atoms with Gasteiger partial charge in [0, 0.05) is 24.2 Å². The first-order valence-corrected chi connectivity index (χ1v) is 11.8. The van der Waals surface area contributed by atoms with Crippen LogP contribution in [0.25, 0.3) is 22.6 Å². The van der Waals surface area contributed by atoms with Gasteiger partial charge in [-0.1, -0.05) is 30.3 Å². The topological polar surface area (TPSA) is 64.8 Å². The molecule has 4 rings (SSSR count). The fourth-order valence-electron chi connectivity index (χ4n) is 3.84. The van der Waals surface area contributed by atoms with Crippen molar-refractivity contribution in [3.63, 3.8) is 0 Å². The van der Waals surface area contributed by atoms with Crippen molar-refractivity contribution in [2.75, 3.05) is 20.2 Å². The van der Waals surface area contributed by atoms with Crippen molar-refractivity contribution in [1.29, 1.82) is 0 Å². The zero-order valence-electron chi connectivity index (χ0n) is 20.4. The molecule has 0 N–H and O–H groups in total. The van der Waals surface area contributed by atoms with Crippen molar-refractivity contribution >= 4 is 5.91 Å². The summed E-state index contributed by atoms with van der Waals surface area (Å²) in [5, 5.41) is 0. The van der Waals surface area contributed by atoms with Gasteiger partial charge in [-0.2, -0.15) is 0 Å². The summed E-state index contributed by atoms with van der Waals surface area (Å²) in [5.41, 5.74) is 3.54. The molecule has 0 spiro atoms. The van der Waals surface area contributed by atoms with E-state index in [1.807, 2.05) is 92.7 Å². The van der Waals surface area contributed by atoms with Crippen LogP contribution in [0.4, 0.5) is 0 Å². The fraction of sp³-hybridized carbons (Fsp3) is 0.241. The first-order chi connectivity index (χ1) is 17.1. The normalized spacial score (nSPS) is 10.7. The van der Waals surface area contributed by atoms with Crippen LogP contribution < -0.4 is 9.47 Å². The zero-order chi connectivity index (χ0) is 24.6. The maximum absolute atomic E-state index is 12.7. The van der Waals surface area contributed by atoms with Crippen molar-refractivity contribution < 1.29 is 18.7 Å². The van der Waals surface area contributed by atoms with E-state index in [0.29, 0.717) is 37.0 Å². The second kappa shape index (κ2) is 11.4. The number of ether oxygens (including phenoxy) is 2. The van der Waals surface area contributed by atoms with Gasteiger partial charge in [0.25, 0.3) is 0 Å². The number of aromatic nitrogens is 1. The molecule has 0 aliphatic heterocycles. The Bertz CT molecular complexity index is 1230. The molecule has 6 heteroatoms. The Kier molecular flexibility index (Phi) is 7.83. The lowest BCUT2D eigenvalue weighted by atomic mass is 10.1. The third kappa shape index (κ3) is 5.90. The third-order valence-electron chi connectivity index (χ3n) is 5.82. The van der Waals surface area contributed by atoms with E-state index in [0.717, 1.165) is 28.2 Å². The number of methoxy groups -OCH3 is 1. The number of oxazole rings is 1. The Morgan fingerprint density at radius 2 is 1.49 bits per heavy atom. The van der Waals surface area contributed by atoms with Crippen LogP contribution in [-0.4, -0.2) is 36.0 Å². The van der Waals surface area contributed by atoms with Crippen LogP contribution in [0.5, 0.6) is 11.5 Å². The van der Waals surface area contributed by atoms with Crippen LogP contribution in [0.2, 0.25) is 0 Å². The van der Waals surface area contributed by atoms with Gasteiger partial charge in [-0.3, -0.25) is 4.79 Å². The molecule has 1 heterocycles. The van der Waals surface area contributed by atoms with E-state index in [1.165, 1.54) is 0 Å². The summed E-state index contributed by atoms with van der Waals surface area (Å²) in [5.74, 6) is 2.53. The molecule has 0 fully saturated rings. The molecule has 0 bridgehead atoms. The number of amides is 1. The molecule has 0 saturated heterocycles. The highest BCUT2D eigenvalue weighted by molar-refractivity contribution is 5.80. The number of benzene rings is 3. The number of hydrogen-bond donors (Lipinski definition) is 0. The van der Waals surface area contributed by atoms with Gasteiger partial charge >= 0.3 is 0 Å². The van der Waals surface area contributed by atoms with Crippen LogP contribution in [0.1, 0.15) is 25.3 Å². The molecule has 0 aliphatic carbocycles. The minimum absolute atomic E-state index is 0.00580. The molecule has 180 valence electrons. The van der Waals surface area contributed by atoms with Gasteiger partial charge in [0.15, 0.2) is 5.76 Å². The molecule has 1 amide bonds. The number of nitrogens with zero attached hydrogens (tertiary/aromatic N) is 2. The van der Waals surface area contributed by atoms with Crippen LogP contribution in [0.15, 0.2) is 83.3 Å². The number of carbonyl (C=O) groups is 1. The minimum Gasteiger partial charge on any atom is -0.497 e. The molecule has 0 saturated carbocycles. The minimum atomic E-state index is -0.00580. The van der Waals surface area contributed by atoms with Gasteiger partial charge in [0.05, 0.1) is 7.11 Å². The lowest BCUT2D eigenvalue weighted by Crippen LogP contribution is -2.31. The Balaban J connectivity index is 1.61. The quantitative estimate of drug-likeness (QED) is 0.284. The molecule has 0 unspecified atom stereocenters. The first-order valence-electron chi connectivity index (χ1n) is 11.8. The monoisotopic (exact) mass is 470 g/mol. The van der Waals surface area contributed by atoms with Gasteiger partial charge in [-0.15, -0.1) is 0 Å². The molecule has 3 aromatic carbocycles. The van der Waals surface area contributed by atoms with Crippen molar-refractivity contribution in [2.24, 2.45) is 0 Å². The van der Waals surface area contributed by atoms with E-state index in [1.54, 1.807) is 12.0 Å². The Labute approximate surface area is 206 Å². The van der Waals surface area contributed by atoms with Gasteiger partial charge in [-0.05, 0) is 67.9 Å². The Hall–Kier alpha value is -4.06. The lowest BCUT2D eigenvalue weighted by Gasteiger charge is -2.17. The summed E-state index contributed by atoms with van der Waals surface area (Å²) in [6.45, 7) is 5.73. The Morgan fingerprint density at radius 1 is 0.857 bits per heavy atom. The van der Waals surface area contributed by atoms with Crippen LogP contribution in [0, 0.1) is 0 Å². The standard InChI is InChI=1S/C29H30N2O4/c1-4-31(5-2)27(32)19-26-30-28(22-11-15-24(33-3)16-12-22)29(35-26)23-13-17-25(18-14-23)34-20-21-9-7-6-8-10-21/h6-18H,4-5,19-20H2,1-3H3. The smallest absolute Gasteiger partial charge is 0.231 e. The van der Waals surface area contributed by atoms with E-state index in [-0.39, 0.29) is 12.3 Å². The number of carbonyl (C=O) groups excluding carboxylic acids is 1. The predicted octanol–water partition coefficient (Wildman–Crippen LogP) is 6.01. The Morgan fingerprint density at radius 3 is 2.11 bits per heavy atom. The van der Waals surface area contributed by atoms with Crippen molar-refractivity contribution in [3.8, 4) is 34.1 Å². The highest BCUT2D eigenvalue weighted by atomic mass is 16.5. The summed E-state index contributed by atoms with van der Waals surface area (Å²) in [7, 11) is 1.63. The van der Waals surface area contributed by atoms with Crippen LogP contribution >= 0.6 is 0 Å². The molecule has 0 radical (unpaired) electrons. The maximum Gasteiger partial charge on any atom is 0.231 e. The summed E-state index contributed by atoms with van der Waals surface area (Å²) in [6.07, 6.45) is 0.114. The highest BCUT2D eigenvalue weighted by Gasteiger charge is 2.20. The first kappa shape index (κ1) is 24.1. The molecular weight excluding hydrogens is 440 g/mol. The molecular formula is C29H30N2O4. The summed E-state index contributed by atoms with van der Waals surface area (Å²) in [6, 6.07) is 25.4. The number of likely N-dealkylation sites (N-methyl/N-ethyl adjacent to an activating group) is 1. The summed E-state index contributed by atoms with van der Waals surface area (Å²) < 4.78 is 17.4. The van der Waals surface area contributed by atoms with Crippen LogP contribution in [0.3, 0.4) is 0 Å². The van der Waals surface area contributed by atoms with E-state index >= 15 is 0 Å². The largest absolute Gasteiger partial charge is 0.497 e. The zero-order valence-corrected chi connectivity index (χ0v) is 20.4. The van der Waals surface area contributed by atoms with Crippen molar-refractivity contribution in [3.05, 3.63) is 90.3 Å². The third-order valence-corrected chi connectivity index (χ3v) is 5.82. The molecule has 35 heavy (non-hydrogen) atoms. The predicted molar refractivity (Wildman–Crippen MR) is 136 cm³/mol. The molecule has 4 aromatic rings. The number of rotatable bonds is 10. The van der Waals surface area contributed by atoms with E-state index in [9.17, 15) is 4.79 Å². The molecule has 0 atom stereocenters. The van der Waals surface area contributed by atoms with Crippen LogP contribution in [-0.2, 0) is 17.8 Å². The summed E-state index contributed by atoms with van der Waals surface area (Å²) >= 11 is 0. The van der Waals surface area contributed by atoms with Gasteiger partial charge in [0.2, 0.25) is 11.8 Å². The highest BCUT2D eigenvalue weighted by Crippen LogP contribution is 2.34. The lowest BCUT2D eigenvalue weighted by molar-refractivity contribution is -0.130. The maximum atomic E-state index is 12.7. The van der Waals surface area contributed by atoms with Crippen molar-refractivity contribution in [1.82, 2.24) is 9.88 Å². The summed E-state index contributed by atoms with van der Waals surface area (Å²) in [4.78, 5) is 19.2. The molecule has 1 aromatic heterocycles. The van der Waals surface area contributed by atoms with Gasteiger partial charge in [0.1, 0.15) is 30.2 Å². The van der Waals surface area contributed by atoms with E-state index in [2.05, 4.69) is 0 Å². The van der Waals surface area contributed by atoms with E-state index < -0.39 is 0 Å². The second-order valence-corrected chi connectivity index (χ2v) is 8.06. The second-order valence-electron chi connectivity index (χ2n) is 8.06. The average molecular weight is 471 g/mol. The fourth-order valence-corrected chi connectivity index (χ4v) is 3.84. The van der Waals surface area contributed by atoms with Gasteiger partial charge in [-0.25, -0.2) is 4.98 Å². The SMILES string of the molecule is CCN(CC)C(=O)Cc1nc(-c2ccc(OC)cc2)c(-c2ccc(OCc3ccccc3)cc2)o1. The number of hydrogen-bond acceptors (Lipinski definition) is 5. The molecule has 6 nitrogen and oxygen atoms in total. The van der Waals surface area contributed by atoms with Crippen molar-refractivity contribution in [2.45, 2.75) is 26.9 Å². The molecule has 0 aliphatic rings. The average Bonchev–Trinajstić information content (AvgIpc) is 3.32. The van der Waals surface area contributed by atoms with E-state index in [4.69, 9.17) is 18.9 Å². The van der Waals surface area contributed by atoms with Gasteiger partial charge < -0.3 is 18.8 Å².